The maximum Gasteiger partial charge on any atom is 0.323 e. The van der Waals surface area contributed by atoms with Crippen LogP contribution < -0.4 is 5.32 Å². The van der Waals surface area contributed by atoms with E-state index in [1.54, 1.807) is 7.11 Å². The van der Waals surface area contributed by atoms with Gasteiger partial charge in [-0.3, -0.25) is 10.1 Å². The van der Waals surface area contributed by atoms with Crippen LogP contribution in [0.2, 0.25) is 0 Å². The molecule has 0 amide bonds. The Labute approximate surface area is 122 Å². The first kappa shape index (κ1) is 14.8. The molecule has 1 unspecified atom stereocenters. The Morgan fingerprint density at radius 3 is 2.95 bits per heavy atom. The zero-order valence-electron chi connectivity index (χ0n) is 11.1. The number of carboxylic acid groups (broad SMARTS) is 1. The number of aliphatic carboxylic acids is 1. The number of carbonyl (C=O) groups is 1. The number of halogens is 1. The van der Waals surface area contributed by atoms with E-state index < -0.39 is 5.97 Å². The maximum absolute atomic E-state index is 11.1. The van der Waals surface area contributed by atoms with Crippen molar-refractivity contribution in [1.29, 1.82) is 0 Å². The first-order valence-electron chi connectivity index (χ1n) is 6.27. The van der Waals surface area contributed by atoms with Crippen LogP contribution in [-0.2, 0) is 29.0 Å². The van der Waals surface area contributed by atoms with Crippen molar-refractivity contribution < 1.29 is 14.6 Å². The molecule has 1 aliphatic rings. The third-order valence-electron chi connectivity index (χ3n) is 3.66. The number of fused-ring (bicyclic) bond motifs is 3. The molecule has 5 nitrogen and oxygen atoms in total. The van der Waals surface area contributed by atoms with Gasteiger partial charge in [-0.15, -0.1) is 12.4 Å². The predicted molar refractivity (Wildman–Crippen MR) is 78.2 cm³/mol. The van der Waals surface area contributed by atoms with Crippen LogP contribution in [0.15, 0.2) is 24.3 Å². The minimum Gasteiger partial charge on any atom is -0.480 e. The number of para-hydroxylation sites is 1. The molecule has 3 rings (SSSR count). The number of nitrogens with one attached hydrogen (secondary N) is 1. The number of carboxylic acids is 1. The summed E-state index contributed by atoms with van der Waals surface area (Å²) in [4.78, 5) is 11.1. The summed E-state index contributed by atoms with van der Waals surface area (Å²) in [5, 5.41) is 13.5. The molecule has 1 aliphatic heterocycles. The standard InChI is InChI=1S/C14H16N2O3.ClH/c1-19-13-6-12-10(7-15-13)9-4-2-3-5-11(9)16(12)8-14(17)18;/h2-5,13,15H,6-8H2,1H3,(H,17,18);1H. The molecule has 1 atom stereocenters. The van der Waals surface area contributed by atoms with Crippen LogP contribution in [0, 0.1) is 0 Å². The number of methoxy groups -OCH3 is 1. The Hall–Kier alpha value is -1.56. The molecule has 2 heterocycles. The van der Waals surface area contributed by atoms with Crippen LogP contribution in [0.1, 0.15) is 11.3 Å². The van der Waals surface area contributed by atoms with Crippen molar-refractivity contribution in [3.05, 3.63) is 35.5 Å². The van der Waals surface area contributed by atoms with Gasteiger partial charge in [0.15, 0.2) is 0 Å². The molecule has 2 N–H and O–H groups in total. The van der Waals surface area contributed by atoms with Crippen molar-refractivity contribution in [3.8, 4) is 0 Å². The molecule has 0 aliphatic carbocycles. The molecule has 20 heavy (non-hydrogen) atoms. The number of benzene rings is 1. The van der Waals surface area contributed by atoms with E-state index in [9.17, 15) is 4.79 Å². The van der Waals surface area contributed by atoms with Crippen molar-refractivity contribution in [2.75, 3.05) is 7.11 Å². The second kappa shape index (κ2) is 5.83. The lowest BCUT2D eigenvalue weighted by atomic mass is 10.1. The number of rotatable bonds is 3. The second-order valence-electron chi connectivity index (χ2n) is 4.73. The van der Waals surface area contributed by atoms with Gasteiger partial charge < -0.3 is 14.4 Å². The van der Waals surface area contributed by atoms with Crippen LogP contribution in [0.25, 0.3) is 10.9 Å². The summed E-state index contributed by atoms with van der Waals surface area (Å²) in [5.41, 5.74) is 3.23. The van der Waals surface area contributed by atoms with Gasteiger partial charge in [0, 0.05) is 36.7 Å². The van der Waals surface area contributed by atoms with Crippen LogP contribution in [0.5, 0.6) is 0 Å². The summed E-state index contributed by atoms with van der Waals surface area (Å²) in [6.07, 6.45) is 0.637. The monoisotopic (exact) mass is 296 g/mol. The lowest BCUT2D eigenvalue weighted by Gasteiger charge is -2.24. The fraction of sp³-hybridized carbons (Fsp3) is 0.357. The van der Waals surface area contributed by atoms with Crippen LogP contribution in [0.3, 0.4) is 0 Å². The first-order valence-corrected chi connectivity index (χ1v) is 6.27. The smallest absolute Gasteiger partial charge is 0.323 e. The highest BCUT2D eigenvalue weighted by molar-refractivity contribution is 5.87. The minimum atomic E-state index is -0.823. The van der Waals surface area contributed by atoms with E-state index in [-0.39, 0.29) is 25.2 Å². The summed E-state index contributed by atoms with van der Waals surface area (Å²) >= 11 is 0. The lowest BCUT2D eigenvalue weighted by Crippen LogP contribution is -2.37. The van der Waals surface area contributed by atoms with E-state index in [4.69, 9.17) is 9.84 Å². The third kappa shape index (κ3) is 2.40. The number of hydrogen-bond donors (Lipinski definition) is 2. The number of aromatic nitrogens is 1. The van der Waals surface area contributed by atoms with Crippen LogP contribution >= 0.6 is 12.4 Å². The molecule has 0 fully saturated rings. The topological polar surface area (TPSA) is 63.5 Å². The zero-order chi connectivity index (χ0) is 13.4. The van der Waals surface area contributed by atoms with E-state index in [1.807, 2.05) is 28.8 Å². The predicted octanol–water partition coefficient (Wildman–Crippen LogP) is 1.77. The Kier molecular flexibility index (Phi) is 4.32. The molecule has 1 aromatic carbocycles. The van der Waals surface area contributed by atoms with Crippen LogP contribution in [0.4, 0.5) is 0 Å². The second-order valence-corrected chi connectivity index (χ2v) is 4.73. The average molecular weight is 297 g/mol. The summed E-state index contributed by atoms with van der Waals surface area (Å²) in [6, 6.07) is 7.93. The van der Waals surface area contributed by atoms with Gasteiger partial charge in [0.1, 0.15) is 12.8 Å². The van der Waals surface area contributed by atoms with Crippen molar-refractivity contribution in [2.45, 2.75) is 25.7 Å². The van der Waals surface area contributed by atoms with Crippen molar-refractivity contribution >= 4 is 29.3 Å². The highest BCUT2D eigenvalue weighted by Crippen LogP contribution is 2.29. The van der Waals surface area contributed by atoms with E-state index in [0.29, 0.717) is 13.0 Å². The highest BCUT2D eigenvalue weighted by atomic mass is 35.5. The van der Waals surface area contributed by atoms with E-state index in [2.05, 4.69) is 5.32 Å². The SMILES string of the molecule is COC1Cc2c(c3ccccc3n2CC(=O)O)CN1.Cl. The molecular formula is C14H17ClN2O3. The molecule has 1 aromatic heterocycles. The molecular weight excluding hydrogens is 280 g/mol. The van der Waals surface area contributed by atoms with Gasteiger partial charge in [-0.05, 0) is 11.6 Å². The fourth-order valence-corrected chi connectivity index (χ4v) is 2.80. The minimum absolute atomic E-state index is 0. The Morgan fingerprint density at radius 2 is 2.25 bits per heavy atom. The maximum atomic E-state index is 11.1. The molecule has 108 valence electrons. The highest BCUT2D eigenvalue weighted by Gasteiger charge is 2.25. The van der Waals surface area contributed by atoms with Crippen molar-refractivity contribution in [3.63, 3.8) is 0 Å². The first-order chi connectivity index (χ1) is 9.20. The quantitative estimate of drug-likeness (QED) is 0.906. The number of ether oxygens (including phenoxy) is 1. The van der Waals surface area contributed by atoms with Crippen molar-refractivity contribution in [2.24, 2.45) is 0 Å². The number of nitrogens with zero attached hydrogens (tertiary/aromatic N) is 1. The van der Waals surface area contributed by atoms with Crippen LogP contribution in [-0.4, -0.2) is 29.0 Å². The Morgan fingerprint density at radius 1 is 1.50 bits per heavy atom. The van der Waals surface area contributed by atoms with Gasteiger partial charge in [-0.2, -0.15) is 0 Å². The summed E-state index contributed by atoms with van der Waals surface area (Å²) in [7, 11) is 1.66. The van der Waals surface area contributed by atoms with E-state index >= 15 is 0 Å². The van der Waals surface area contributed by atoms with E-state index in [0.717, 1.165) is 16.6 Å². The Balaban J connectivity index is 0.00000147. The molecule has 2 aromatic rings. The van der Waals surface area contributed by atoms with Gasteiger partial charge >= 0.3 is 5.97 Å². The molecule has 0 saturated carbocycles. The molecule has 0 saturated heterocycles. The largest absolute Gasteiger partial charge is 0.480 e. The van der Waals surface area contributed by atoms with E-state index in [1.165, 1.54) is 5.56 Å². The molecule has 0 spiro atoms. The molecule has 0 radical (unpaired) electrons. The van der Waals surface area contributed by atoms with Gasteiger partial charge in [0.05, 0.1) is 0 Å². The summed E-state index contributed by atoms with van der Waals surface area (Å²) < 4.78 is 7.22. The number of hydrogen-bond acceptors (Lipinski definition) is 3. The summed E-state index contributed by atoms with van der Waals surface area (Å²) in [5.74, 6) is -0.823. The van der Waals surface area contributed by atoms with Gasteiger partial charge in [0.25, 0.3) is 0 Å². The van der Waals surface area contributed by atoms with Gasteiger partial charge in [0.2, 0.25) is 0 Å². The summed E-state index contributed by atoms with van der Waals surface area (Å²) in [6.45, 7) is 0.702. The lowest BCUT2D eigenvalue weighted by molar-refractivity contribution is -0.137. The van der Waals surface area contributed by atoms with Gasteiger partial charge in [-0.1, -0.05) is 18.2 Å². The molecule has 6 heteroatoms. The third-order valence-corrected chi connectivity index (χ3v) is 3.66. The molecule has 0 bridgehead atoms. The van der Waals surface area contributed by atoms with Crippen molar-refractivity contribution in [1.82, 2.24) is 9.88 Å². The Bertz CT molecular complexity index is 639. The normalized spacial score (nSPS) is 17.6. The fourth-order valence-electron chi connectivity index (χ4n) is 2.80. The van der Waals surface area contributed by atoms with Gasteiger partial charge in [-0.25, -0.2) is 0 Å². The average Bonchev–Trinajstić information content (AvgIpc) is 2.72. The zero-order valence-corrected chi connectivity index (χ0v) is 11.9.